The Morgan fingerprint density at radius 2 is 1.95 bits per heavy atom. The molecule has 39 heavy (non-hydrogen) atoms. The summed E-state index contributed by atoms with van der Waals surface area (Å²) in [6.45, 7) is 13.9. The van der Waals surface area contributed by atoms with Crippen LogP contribution < -0.4 is 9.88 Å². The second-order valence-electron chi connectivity index (χ2n) is 10.8. The lowest BCUT2D eigenvalue weighted by Gasteiger charge is -2.38. The first kappa shape index (κ1) is 31.8. The van der Waals surface area contributed by atoms with Crippen LogP contribution in [0.15, 0.2) is 29.4 Å². The fourth-order valence-corrected chi connectivity index (χ4v) is 6.33. The van der Waals surface area contributed by atoms with Gasteiger partial charge < -0.3 is 13.9 Å². The standard InChI is InChI=1S/C25H38F2N4O5S2Si/c1-7-34-14-18(15-35-39(5,6)25(2,3)4)36-22-13-20(21-11-12-31(21)38(28,32)33)29-24(30-22)37-16-17-9-8-10-19(26)23(17)27/h8-10,13,18,21H,7,11-12,14-16H2,1-6H3,(H2,28,32,33)/t18-,21?/m1/s1. The molecule has 0 saturated carbocycles. The molecule has 3 rings (SSSR count). The van der Waals surface area contributed by atoms with Crippen molar-refractivity contribution in [2.24, 2.45) is 5.14 Å². The lowest BCUT2D eigenvalue weighted by atomic mass is 10.0. The molecule has 2 N–H and O–H groups in total. The molecule has 1 unspecified atom stereocenters. The van der Waals surface area contributed by atoms with Gasteiger partial charge in [-0.15, -0.1) is 0 Å². The van der Waals surface area contributed by atoms with Crippen LogP contribution in [-0.4, -0.2) is 63.5 Å². The Morgan fingerprint density at radius 3 is 2.54 bits per heavy atom. The number of thioether (sulfide) groups is 1. The number of aromatic nitrogens is 2. The van der Waals surface area contributed by atoms with E-state index in [0.29, 0.717) is 18.7 Å². The van der Waals surface area contributed by atoms with Gasteiger partial charge in [0, 0.05) is 30.5 Å². The van der Waals surface area contributed by atoms with Crippen LogP contribution in [0.2, 0.25) is 18.1 Å². The zero-order valence-electron chi connectivity index (χ0n) is 23.2. The van der Waals surface area contributed by atoms with Crippen LogP contribution in [0.4, 0.5) is 8.78 Å². The van der Waals surface area contributed by atoms with Gasteiger partial charge in [0.1, 0.15) is 6.10 Å². The van der Waals surface area contributed by atoms with Crippen molar-refractivity contribution < 1.29 is 31.1 Å². The minimum Gasteiger partial charge on any atom is -0.469 e. The van der Waals surface area contributed by atoms with Crippen molar-refractivity contribution >= 4 is 30.3 Å². The van der Waals surface area contributed by atoms with E-state index in [9.17, 15) is 17.2 Å². The molecular weight excluding hydrogens is 567 g/mol. The minimum atomic E-state index is -3.93. The normalized spacial score (nSPS) is 17.6. The lowest BCUT2D eigenvalue weighted by molar-refractivity contribution is 0.0246. The molecule has 2 aromatic rings. The molecule has 1 aliphatic heterocycles. The molecule has 0 amide bonds. The van der Waals surface area contributed by atoms with Gasteiger partial charge in [0.05, 0.1) is 24.9 Å². The SMILES string of the molecule is CCOC[C@H](CO[Si](C)(C)C(C)(C)C)Oc1cc(C2CCN2S(N)(=O)=O)nc(SCc2cccc(F)c2F)n1. The Bertz CT molecular complexity index is 1250. The molecule has 0 bridgehead atoms. The van der Waals surface area contributed by atoms with E-state index in [1.54, 1.807) is 6.07 Å². The maximum Gasteiger partial charge on any atom is 0.277 e. The summed E-state index contributed by atoms with van der Waals surface area (Å²) in [4.78, 5) is 9.00. The summed E-state index contributed by atoms with van der Waals surface area (Å²) in [6.07, 6.45) is 0.0305. The molecule has 0 spiro atoms. The Labute approximate surface area is 235 Å². The lowest BCUT2D eigenvalue weighted by Crippen LogP contribution is -2.48. The second-order valence-corrected chi connectivity index (χ2v) is 18.1. The summed E-state index contributed by atoms with van der Waals surface area (Å²) in [5.41, 5.74) is 0.561. The highest BCUT2D eigenvalue weighted by Crippen LogP contribution is 2.38. The Morgan fingerprint density at radius 1 is 1.23 bits per heavy atom. The molecule has 2 heterocycles. The first-order valence-electron chi connectivity index (χ1n) is 12.7. The van der Waals surface area contributed by atoms with Crippen molar-refractivity contribution in [2.75, 3.05) is 26.4 Å². The monoisotopic (exact) mass is 604 g/mol. The topological polar surface area (TPSA) is 117 Å². The van der Waals surface area contributed by atoms with E-state index < -0.39 is 42.3 Å². The molecule has 2 atom stereocenters. The van der Waals surface area contributed by atoms with Gasteiger partial charge in [0.15, 0.2) is 25.1 Å². The number of benzene rings is 1. The van der Waals surface area contributed by atoms with Crippen molar-refractivity contribution in [1.82, 2.24) is 14.3 Å². The Hall–Kier alpha value is -1.68. The molecule has 218 valence electrons. The third kappa shape index (κ3) is 8.41. The summed E-state index contributed by atoms with van der Waals surface area (Å²) >= 11 is 1.09. The summed E-state index contributed by atoms with van der Waals surface area (Å²) in [5, 5.41) is 5.61. The predicted octanol–water partition coefficient (Wildman–Crippen LogP) is 4.80. The van der Waals surface area contributed by atoms with Gasteiger partial charge >= 0.3 is 0 Å². The Kier molecular flexibility index (Phi) is 10.5. The molecule has 14 heteroatoms. The van der Waals surface area contributed by atoms with Gasteiger partial charge in [-0.05, 0) is 37.5 Å². The average Bonchev–Trinajstić information content (AvgIpc) is 2.79. The molecule has 1 fully saturated rings. The first-order chi connectivity index (χ1) is 18.1. The number of nitrogens with zero attached hydrogens (tertiary/aromatic N) is 3. The van der Waals surface area contributed by atoms with Crippen LogP contribution in [0.25, 0.3) is 0 Å². The van der Waals surface area contributed by atoms with Gasteiger partial charge in [0.25, 0.3) is 10.2 Å². The van der Waals surface area contributed by atoms with Crippen LogP contribution in [0.5, 0.6) is 5.88 Å². The zero-order chi connectivity index (χ0) is 29.0. The summed E-state index contributed by atoms with van der Waals surface area (Å²) in [5.74, 6) is -1.61. The fourth-order valence-electron chi connectivity index (χ4n) is 3.54. The first-order valence-corrected chi connectivity index (χ1v) is 18.1. The zero-order valence-corrected chi connectivity index (χ0v) is 25.9. The van der Waals surface area contributed by atoms with Gasteiger partial charge in [-0.3, -0.25) is 0 Å². The van der Waals surface area contributed by atoms with Crippen LogP contribution >= 0.6 is 11.8 Å². The van der Waals surface area contributed by atoms with E-state index in [4.69, 9.17) is 19.0 Å². The van der Waals surface area contributed by atoms with Gasteiger partial charge in [-0.2, -0.15) is 17.7 Å². The number of hydrogen-bond donors (Lipinski definition) is 1. The molecule has 1 aromatic heterocycles. The third-order valence-corrected chi connectivity index (χ3v) is 13.4. The fraction of sp³-hybridized carbons (Fsp3) is 0.600. The number of nitrogens with two attached hydrogens (primary N) is 1. The highest BCUT2D eigenvalue weighted by Gasteiger charge is 2.39. The smallest absolute Gasteiger partial charge is 0.277 e. The second kappa shape index (κ2) is 12.9. The van der Waals surface area contributed by atoms with Crippen molar-refractivity contribution in [3.8, 4) is 5.88 Å². The van der Waals surface area contributed by atoms with E-state index in [1.807, 2.05) is 6.92 Å². The number of ether oxygens (including phenoxy) is 2. The van der Waals surface area contributed by atoms with E-state index in [0.717, 1.165) is 22.1 Å². The molecule has 1 saturated heterocycles. The van der Waals surface area contributed by atoms with E-state index >= 15 is 0 Å². The molecule has 9 nitrogen and oxygen atoms in total. The quantitative estimate of drug-likeness (QED) is 0.197. The van der Waals surface area contributed by atoms with E-state index in [1.165, 1.54) is 12.1 Å². The molecule has 1 aromatic carbocycles. The van der Waals surface area contributed by atoms with Crippen molar-refractivity contribution in [1.29, 1.82) is 0 Å². The van der Waals surface area contributed by atoms with Crippen molar-refractivity contribution in [3.63, 3.8) is 0 Å². The molecule has 0 radical (unpaired) electrons. The van der Waals surface area contributed by atoms with Crippen molar-refractivity contribution in [2.45, 2.75) is 75.3 Å². The predicted molar refractivity (Wildman–Crippen MR) is 149 cm³/mol. The van der Waals surface area contributed by atoms with Crippen molar-refractivity contribution in [3.05, 3.63) is 47.2 Å². The van der Waals surface area contributed by atoms with E-state index in [-0.39, 0.29) is 47.1 Å². The summed E-state index contributed by atoms with van der Waals surface area (Å²) in [7, 11) is -6.01. The number of halogens is 2. The highest BCUT2D eigenvalue weighted by atomic mass is 32.2. The number of hydrogen-bond acceptors (Lipinski definition) is 8. The largest absolute Gasteiger partial charge is 0.469 e. The van der Waals surface area contributed by atoms with Gasteiger partial charge in [-0.1, -0.05) is 44.7 Å². The van der Waals surface area contributed by atoms with Crippen LogP contribution in [-0.2, 0) is 25.1 Å². The van der Waals surface area contributed by atoms with E-state index in [2.05, 4.69) is 43.8 Å². The highest BCUT2D eigenvalue weighted by molar-refractivity contribution is 7.98. The third-order valence-electron chi connectivity index (χ3n) is 6.96. The Balaban J connectivity index is 1.88. The molecular formula is C25H38F2N4O5S2Si. The van der Waals surface area contributed by atoms with Gasteiger partial charge in [-0.25, -0.2) is 18.9 Å². The maximum absolute atomic E-state index is 14.2. The maximum atomic E-state index is 14.2. The average molecular weight is 605 g/mol. The van der Waals surface area contributed by atoms with Crippen LogP contribution in [0.3, 0.4) is 0 Å². The minimum absolute atomic E-state index is 0.00262. The van der Waals surface area contributed by atoms with Crippen LogP contribution in [0, 0.1) is 11.6 Å². The number of rotatable bonds is 13. The van der Waals surface area contributed by atoms with Crippen LogP contribution in [0.1, 0.15) is 51.4 Å². The summed E-state index contributed by atoms with van der Waals surface area (Å²) in [6, 6.07) is 4.97. The molecule has 0 aliphatic carbocycles. The summed E-state index contributed by atoms with van der Waals surface area (Å²) < 4.78 is 71.3. The van der Waals surface area contributed by atoms with Gasteiger partial charge in [0.2, 0.25) is 5.88 Å². The molecule has 1 aliphatic rings.